The monoisotopic (exact) mass is 552 g/mol. The van der Waals surface area contributed by atoms with Crippen LogP contribution in [0, 0.1) is 0 Å². The Morgan fingerprint density at radius 3 is 2.31 bits per heavy atom. The van der Waals surface area contributed by atoms with Gasteiger partial charge in [0.25, 0.3) is 11.8 Å². The first-order valence-corrected chi connectivity index (χ1v) is 14.2. The molecule has 0 spiro atoms. The van der Waals surface area contributed by atoms with Crippen LogP contribution in [-0.4, -0.2) is 59.0 Å². The highest BCUT2D eigenvalue weighted by molar-refractivity contribution is 7.92. The summed E-state index contributed by atoms with van der Waals surface area (Å²) in [6, 6.07) is 23.2. The van der Waals surface area contributed by atoms with E-state index in [0.29, 0.717) is 30.2 Å². The van der Waals surface area contributed by atoms with Gasteiger partial charge in [0.1, 0.15) is 18.0 Å². The predicted octanol–water partition coefficient (Wildman–Crippen LogP) is 2.74. The zero-order valence-corrected chi connectivity index (χ0v) is 22.7. The maximum atomic E-state index is 12.5. The predicted molar refractivity (Wildman–Crippen MR) is 151 cm³/mol. The van der Waals surface area contributed by atoms with E-state index in [1.807, 2.05) is 30.3 Å². The van der Waals surface area contributed by atoms with Crippen LogP contribution in [-0.2, 0) is 26.0 Å². The number of amides is 2. The Kier molecular flexibility index (Phi) is 10.9. The van der Waals surface area contributed by atoms with E-state index in [4.69, 9.17) is 9.47 Å². The number of carbonyl (C=O) groups is 2. The van der Waals surface area contributed by atoms with Gasteiger partial charge in [-0.1, -0.05) is 42.5 Å². The van der Waals surface area contributed by atoms with E-state index in [-0.39, 0.29) is 18.2 Å². The fraction of sp³-hybridized carbons (Fsp3) is 0.250. The quantitative estimate of drug-likeness (QED) is 0.234. The van der Waals surface area contributed by atoms with Crippen molar-refractivity contribution in [2.75, 3.05) is 36.9 Å². The summed E-state index contributed by atoms with van der Waals surface area (Å²) in [4.78, 5) is 24.5. The van der Waals surface area contributed by atoms with E-state index in [9.17, 15) is 18.0 Å². The number of carbonyl (C=O) groups excluding carboxylic acids is 2. The molecule has 0 aromatic heterocycles. The zero-order chi connectivity index (χ0) is 28.1. The maximum Gasteiger partial charge on any atom is 0.260 e. The molecule has 0 aliphatic heterocycles. The first-order valence-electron chi connectivity index (χ1n) is 12.3. The summed E-state index contributed by atoms with van der Waals surface area (Å²) in [5.41, 5.74) is 4.41. The number of hydrogen-bond acceptors (Lipinski definition) is 7. The van der Waals surface area contributed by atoms with Crippen molar-refractivity contribution in [3.63, 3.8) is 0 Å². The third-order valence-corrected chi connectivity index (χ3v) is 6.48. The van der Waals surface area contributed by atoms with Crippen LogP contribution in [0.1, 0.15) is 18.1 Å². The Hall–Kier alpha value is -4.38. The number of hydrazone groups is 1. The number of hydrogen-bond donors (Lipinski definition) is 2. The third-order valence-electron chi connectivity index (χ3n) is 5.35. The molecule has 0 heterocycles. The first kappa shape index (κ1) is 29.2. The molecule has 2 N–H and O–H groups in total. The molecule has 3 rings (SSSR count). The summed E-state index contributed by atoms with van der Waals surface area (Å²) in [5, 5.41) is 6.73. The largest absolute Gasteiger partial charge is 0.492 e. The van der Waals surface area contributed by atoms with Crippen molar-refractivity contribution in [1.82, 2.24) is 10.7 Å². The number of ether oxygens (including phenoxy) is 2. The van der Waals surface area contributed by atoms with Crippen molar-refractivity contribution in [3.8, 4) is 11.5 Å². The van der Waals surface area contributed by atoms with Crippen LogP contribution in [0.4, 0.5) is 5.69 Å². The number of benzene rings is 3. The van der Waals surface area contributed by atoms with Crippen LogP contribution < -0.4 is 24.5 Å². The summed E-state index contributed by atoms with van der Waals surface area (Å²) in [6.07, 6.45) is 3.17. The van der Waals surface area contributed by atoms with Crippen LogP contribution in [0.25, 0.3) is 0 Å². The molecular formula is C28H32N4O6S. The Balaban J connectivity index is 1.46. The Morgan fingerprint density at radius 1 is 0.923 bits per heavy atom. The van der Waals surface area contributed by atoms with Crippen LogP contribution in [0.5, 0.6) is 11.5 Å². The van der Waals surface area contributed by atoms with Crippen molar-refractivity contribution in [2.24, 2.45) is 5.10 Å². The maximum absolute atomic E-state index is 12.5. The van der Waals surface area contributed by atoms with Gasteiger partial charge >= 0.3 is 0 Å². The lowest BCUT2D eigenvalue weighted by molar-refractivity contribution is -0.123. The molecule has 0 saturated carbocycles. The van der Waals surface area contributed by atoms with Gasteiger partial charge in [0.15, 0.2) is 6.61 Å². The van der Waals surface area contributed by atoms with E-state index in [2.05, 4.69) is 15.8 Å². The number of nitrogens with zero attached hydrogens (tertiary/aromatic N) is 2. The van der Waals surface area contributed by atoms with Gasteiger partial charge in [0, 0.05) is 6.54 Å². The fourth-order valence-electron chi connectivity index (χ4n) is 3.51. The van der Waals surface area contributed by atoms with Gasteiger partial charge in [0.2, 0.25) is 10.0 Å². The van der Waals surface area contributed by atoms with Gasteiger partial charge in [0.05, 0.1) is 24.8 Å². The second-order valence-corrected chi connectivity index (χ2v) is 10.3. The van der Waals surface area contributed by atoms with Gasteiger partial charge in [-0.2, -0.15) is 5.10 Å². The summed E-state index contributed by atoms with van der Waals surface area (Å²) in [6.45, 7) is 2.07. The smallest absolute Gasteiger partial charge is 0.260 e. The molecule has 0 aliphatic carbocycles. The number of rotatable bonds is 14. The SMILES string of the molecule is CCOc1ccccc1N(CC(=O)N/N=C\c1ccc(OCC(=O)NCCc2ccccc2)cc1)S(C)(=O)=O. The number of nitrogens with one attached hydrogen (secondary N) is 2. The third kappa shape index (κ3) is 9.78. The van der Waals surface area contributed by atoms with Crippen LogP contribution >= 0.6 is 0 Å². The lowest BCUT2D eigenvalue weighted by Crippen LogP contribution is -2.39. The molecule has 3 aromatic carbocycles. The summed E-state index contributed by atoms with van der Waals surface area (Å²) in [5.74, 6) is 0.0207. The highest BCUT2D eigenvalue weighted by Gasteiger charge is 2.23. The van der Waals surface area contributed by atoms with Gasteiger partial charge in [-0.05, 0) is 60.9 Å². The fourth-order valence-corrected chi connectivity index (χ4v) is 4.37. The van der Waals surface area contributed by atoms with Crippen molar-refractivity contribution in [2.45, 2.75) is 13.3 Å². The molecule has 2 amide bonds. The van der Waals surface area contributed by atoms with E-state index in [0.717, 1.165) is 22.5 Å². The van der Waals surface area contributed by atoms with Crippen molar-refractivity contribution >= 4 is 33.7 Å². The van der Waals surface area contributed by atoms with Crippen molar-refractivity contribution in [3.05, 3.63) is 90.0 Å². The number of para-hydroxylation sites is 2. The normalized spacial score (nSPS) is 11.1. The molecule has 10 nitrogen and oxygen atoms in total. The molecule has 0 fully saturated rings. The number of sulfonamides is 1. The standard InChI is InChI=1S/C28H32N4O6S/c1-3-37-26-12-8-7-11-25(26)32(39(2,35)36)20-27(33)31-30-19-23-13-15-24(16-14-23)38-21-28(34)29-18-17-22-9-5-4-6-10-22/h4-16,19H,3,17-18,20-21H2,1-2H3,(H,29,34)(H,31,33)/b30-19-. The van der Waals surface area contributed by atoms with Crippen molar-refractivity contribution in [1.29, 1.82) is 0 Å². The van der Waals surface area contributed by atoms with Gasteiger partial charge in [-0.25, -0.2) is 13.8 Å². The van der Waals surface area contributed by atoms with Gasteiger partial charge < -0.3 is 14.8 Å². The lowest BCUT2D eigenvalue weighted by atomic mass is 10.1. The van der Waals surface area contributed by atoms with Crippen molar-refractivity contribution < 1.29 is 27.5 Å². The molecule has 0 radical (unpaired) electrons. The molecule has 0 aliphatic rings. The molecule has 0 unspecified atom stereocenters. The Labute approximate surface area is 228 Å². The summed E-state index contributed by atoms with van der Waals surface area (Å²) >= 11 is 0. The van der Waals surface area contributed by atoms with E-state index < -0.39 is 22.5 Å². The lowest BCUT2D eigenvalue weighted by Gasteiger charge is -2.23. The molecule has 0 bridgehead atoms. The molecule has 3 aromatic rings. The summed E-state index contributed by atoms with van der Waals surface area (Å²) < 4.78 is 36.7. The number of anilines is 1. The molecule has 11 heteroatoms. The summed E-state index contributed by atoms with van der Waals surface area (Å²) in [7, 11) is -3.77. The van der Waals surface area contributed by atoms with Gasteiger partial charge in [-0.15, -0.1) is 0 Å². The molecule has 39 heavy (non-hydrogen) atoms. The average Bonchev–Trinajstić information content (AvgIpc) is 2.92. The van der Waals surface area contributed by atoms with Crippen LogP contribution in [0.2, 0.25) is 0 Å². The highest BCUT2D eigenvalue weighted by atomic mass is 32.2. The Morgan fingerprint density at radius 2 is 1.62 bits per heavy atom. The van der Waals surface area contributed by atoms with Crippen LogP contribution in [0.3, 0.4) is 0 Å². The van der Waals surface area contributed by atoms with E-state index in [1.165, 1.54) is 6.21 Å². The van der Waals surface area contributed by atoms with Gasteiger partial charge in [-0.3, -0.25) is 13.9 Å². The first-order chi connectivity index (χ1) is 18.8. The molecule has 0 saturated heterocycles. The molecule has 206 valence electrons. The topological polar surface area (TPSA) is 126 Å². The molecular weight excluding hydrogens is 520 g/mol. The van der Waals surface area contributed by atoms with E-state index >= 15 is 0 Å². The second kappa shape index (κ2) is 14.5. The minimum absolute atomic E-state index is 0.110. The molecule has 0 atom stereocenters. The minimum Gasteiger partial charge on any atom is -0.492 e. The highest BCUT2D eigenvalue weighted by Crippen LogP contribution is 2.29. The zero-order valence-electron chi connectivity index (χ0n) is 21.9. The minimum atomic E-state index is -3.77. The van der Waals surface area contributed by atoms with Crippen LogP contribution in [0.15, 0.2) is 84.0 Å². The van der Waals surface area contributed by atoms with E-state index in [1.54, 1.807) is 55.5 Å². The Bertz CT molecular complexity index is 1360. The average molecular weight is 553 g/mol. The second-order valence-electron chi connectivity index (χ2n) is 8.41.